The molecule has 20 heavy (non-hydrogen) atoms. The molecule has 0 aromatic carbocycles. The lowest BCUT2D eigenvalue weighted by atomic mass is 10.1. The summed E-state index contributed by atoms with van der Waals surface area (Å²) in [6.07, 6.45) is 7.23. The van der Waals surface area contributed by atoms with Crippen LogP contribution in [0.5, 0.6) is 0 Å². The minimum Gasteiger partial charge on any atom is -0.391 e. The van der Waals surface area contributed by atoms with Crippen molar-refractivity contribution in [3.8, 4) is 0 Å². The normalized spacial score (nSPS) is 19.9. The van der Waals surface area contributed by atoms with Crippen LogP contribution in [0.1, 0.15) is 12.8 Å². The summed E-state index contributed by atoms with van der Waals surface area (Å²) in [7, 11) is 0. The van der Waals surface area contributed by atoms with Crippen LogP contribution in [0.4, 0.5) is 5.69 Å². The van der Waals surface area contributed by atoms with Gasteiger partial charge in [0.2, 0.25) is 0 Å². The number of aromatic nitrogens is 3. The summed E-state index contributed by atoms with van der Waals surface area (Å²) < 4.78 is 0. The third kappa shape index (κ3) is 1.74. The van der Waals surface area contributed by atoms with Gasteiger partial charge in [-0.05, 0) is 18.9 Å². The lowest BCUT2D eigenvalue weighted by Crippen LogP contribution is -2.38. The highest BCUT2D eigenvalue weighted by Gasteiger charge is 2.21. The Labute approximate surface area is 116 Å². The van der Waals surface area contributed by atoms with Crippen molar-refractivity contribution in [3.63, 3.8) is 0 Å². The topological polar surface area (TPSA) is 65.0 Å². The maximum atomic E-state index is 9.88. The van der Waals surface area contributed by atoms with Gasteiger partial charge in [-0.1, -0.05) is 6.07 Å². The smallest absolute Gasteiger partial charge is 0.140 e. The van der Waals surface area contributed by atoms with Crippen molar-refractivity contribution in [2.75, 3.05) is 18.0 Å². The summed E-state index contributed by atoms with van der Waals surface area (Å²) >= 11 is 0. The molecule has 1 fully saturated rings. The van der Waals surface area contributed by atoms with Gasteiger partial charge in [-0.3, -0.25) is 4.98 Å². The van der Waals surface area contributed by atoms with Crippen LogP contribution in [-0.4, -0.2) is 39.3 Å². The molecule has 4 heterocycles. The van der Waals surface area contributed by atoms with Crippen molar-refractivity contribution in [3.05, 3.63) is 30.7 Å². The van der Waals surface area contributed by atoms with Crippen molar-refractivity contribution in [1.82, 2.24) is 15.0 Å². The molecule has 3 aromatic heterocycles. The number of hydrogen-bond acceptors (Lipinski definition) is 4. The van der Waals surface area contributed by atoms with Crippen LogP contribution in [0.15, 0.2) is 30.7 Å². The van der Waals surface area contributed by atoms with Gasteiger partial charge in [0, 0.05) is 30.9 Å². The molecule has 0 radical (unpaired) electrons. The van der Waals surface area contributed by atoms with Gasteiger partial charge in [-0.15, -0.1) is 0 Å². The molecule has 4 rings (SSSR count). The molecule has 1 aliphatic rings. The SMILES string of the molecule is OC1CCCN(c2c[nH]c3ncc4ncccc4c23)C1. The highest BCUT2D eigenvalue weighted by Crippen LogP contribution is 2.32. The van der Waals surface area contributed by atoms with Crippen molar-refractivity contribution in [2.24, 2.45) is 0 Å². The molecule has 2 N–H and O–H groups in total. The van der Waals surface area contributed by atoms with E-state index in [4.69, 9.17) is 0 Å². The van der Waals surface area contributed by atoms with Gasteiger partial charge in [-0.25, -0.2) is 4.98 Å². The third-order valence-electron chi connectivity index (χ3n) is 4.00. The highest BCUT2D eigenvalue weighted by atomic mass is 16.3. The Morgan fingerprint density at radius 3 is 3.20 bits per heavy atom. The minimum absolute atomic E-state index is 0.241. The van der Waals surface area contributed by atoms with E-state index in [-0.39, 0.29) is 6.10 Å². The van der Waals surface area contributed by atoms with E-state index >= 15 is 0 Å². The Kier molecular flexibility index (Phi) is 2.60. The van der Waals surface area contributed by atoms with Gasteiger partial charge in [-0.2, -0.15) is 0 Å². The molecule has 1 saturated heterocycles. The molecule has 1 aliphatic heterocycles. The first-order valence-corrected chi connectivity index (χ1v) is 6.97. The number of aromatic amines is 1. The summed E-state index contributed by atoms with van der Waals surface area (Å²) in [5.74, 6) is 0. The Balaban J connectivity index is 1.93. The van der Waals surface area contributed by atoms with E-state index in [1.807, 2.05) is 12.3 Å². The summed E-state index contributed by atoms with van der Waals surface area (Å²) in [5, 5.41) is 12.1. The number of fused-ring (bicyclic) bond motifs is 3. The monoisotopic (exact) mass is 268 g/mol. The van der Waals surface area contributed by atoms with Gasteiger partial charge in [0.05, 0.1) is 28.9 Å². The summed E-state index contributed by atoms with van der Waals surface area (Å²) in [5.41, 5.74) is 2.89. The predicted molar refractivity (Wildman–Crippen MR) is 78.8 cm³/mol. The lowest BCUT2D eigenvalue weighted by molar-refractivity contribution is 0.154. The van der Waals surface area contributed by atoms with Crippen LogP contribution in [-0.2, 0) is 0 Å². The first-order valence-electron chi connectivity index (χ1n) is 6.97. The summed E-state index contributed by atoms with van der Waals surface area (Å²) in [6, 6.07) is 4.02. The lowest BCUT2D eigenvalue weighted by Gasteiger charge is -2.31. The molecule has 5 heteroatoms. The molecular weight excluding hydrogens is 252 g/mol. The molecule has 0 saturated carbocycles. The Morgan fingerprint density at radius 2 is 2.30 bits per heavy atom. The van der Waals surface area contributed by atoms with Crippen molar-refractivity contribution in [1.29, 1.82) is 0 Å². The molecule has 1 unspecified atom stereocenters. The minimum atomic E-state index is -0.241. The second-order valence-corrected chi connectivity index (χ2v) is 5.33. The number of rotatable bonds is 1. The van der Waals surface area contributed by atoms with E-state index in [0.29, 0.717) is 6.54 Å². The Morgan fingerprint density at radius 1 is 1.35 bits per heavy atom. The number of anilines is 1. The van der Waals surface area contributed by atoms with Crippen LogP contribution < -0.4 is 4.90 Å². The number of aliphatic hydroxyl groups excluding tert-OH is 1. The van der Waals surface area contributed by atoms with Crippen molar-refractivity contribution in [2.45, 2.75) is 18.9 Å². The van der Waals surface area contributed by atoms with E-state index in [0.717, 1.165) is 47.0 Å². The zero-order valence-corrected chi connectivity index (χ0v) is 11.1. The number of nitrogens with one attached hydrogen (secondary N) is 1. The number of hydrogen-bond donors (Lipinski definition) is 2. The van der Waals surface area contributed by atoms with Gasteiger partial charge in [0.15, 0.2) is 0 Å². The summed E-state index contributed by atoms with van der Waals surface area (Å²) in [6.45, 7) is 1.66. The van der Waals surface area contributed by atoms with Crippen LogP contribution in [0.3, 0.4) is 0 Å². The number of pyridine rings is 2. The van der Waals surface area contributed by atoms with E-state index in [1.54, 1.807) is 12.4 Å². The fourth-order valence-electron chi connectivity index (χ4n) is 3.05. The molecule has 0 aliphatic carbocycles. The molecule has 3 aromatic rings. The second-order valence-electron chi connectivity index (χ2n) is 5.33. The molecule has 0 bridgehead atoms. The van der Waals surface area contributed by atoms with Crippen LogP contribution in [0.25, 0.3) is 21.9 Å². The molecular formula is C15H16N4O. The molecule has 0 spiro atoms. The number of aliphatic hydroxyl groups is 1. The quantitative estimate of drug-likeness (QED) is 0.709. The van der Waals surface area contributed by atoms with Gasteiger partial charge in [0.1, 0.15) is 5.65 Å². The maximum Gasteiger partial charge on any atom is 0.140 e. The van der Waals surface area contributed by atoms with E-state index in [9.17, 15) is 5.11 Å². The predicted octanol–water partition coefficient (Wildman–Crippen LogP) is 2.07. The molecule has 0 amide bonds. The number of H-pyrrole nitrogens is 1. The molecule has 1 atom stereocenters. The van der Waals surface area contributed by atoms with Gasteiger partial charge < -0.3 is 15.0 Å². The Hall–Kier alpha value is -2.14. The number of β-amino-alcohol motifs (C(OH)–C–C–N with tert-alkyl or cyclic N) is 1. The number of piperidine rings is 1. The zero-order chi connectivity index (χ0) is 13.5. The average molecular weight is 268 g/mol. The van der Waals surface area contributed by atoms with E-state index in [1.165, 1.54) is 0 Å². The van der Waals surface area contributed by atoms with Crippen LogP contribution >= 0.6 is 0 Å². The molecule has 102 valence electrons. The largest absolute Gasteiger partial charge is 0.391 e. The second kappa shape index (κ2) is 4.45. The first-order chi connectivity index (χ1) is 9.83. The fourth-order valence-corrected chi connectivity index (χ4v) is 3.05. The van der Waals surface area contributed by atoms with Gasteiger partial charge in [0.25, 0.3) is 0 Å². The highest BCUT2D eigenvalue weighted by molar-refractivity contribution is 6.10. The maximum absolute atomic E-state index is 9.88. The van der Waals surface area contributed by atoms with Crippen molar-refractivity contribution < 1.29 is 5.11 Å². The van der Waals surface area contributed by atoms with Crippen LogP contribution in [0, 0.1) is 0 Å². The first kappa shape index (κ1) is 11.7. The standard InChI is InChI=1S/C15H16N4O/c20-10-3-2-6-19(9-10)13-8-18-15-14(13)11-4-1-5-16-12(11)7-17-15/h1,4-5,7-8,10,20H,2-3,6,9H2,(H,17,18). The summed E-state index contributed by atoms with van der Waals surface area (Å²) in [4.78, 5) is 14.3. The van der Waals surface area contributed by atoms with Gasteiger partial charge >= 0.3 is 0 Å². The van der Waals surface area contributed by atoms with Crippen molar-refractivity contribution >= 4 is 27.6 Å². The number of nitrogens with zero attached hydrogens (tertiary/aromatic N) is 3. The third-order valence-corrected chi connectivity index (χ3v) is 4.00. The zero-order valence-electron chi connectivity index (χ0n) is 11.1. The van der Waals surface area contributed by atoms with E-state index in [2.05, 4.69) is 25.9 Å². The van der Waals surface area contributed by atoms with E-state index < -0.39 is 0 Å². The molecule has 5 nitrogen and oxygen atoms in total. The fraction of sp³-hybridized carbons (Fsp3) is 0.333. The van der Waals surface area contributed by atoms with Crippen LogP contribution in [0.2, 0.25) is 0 Å². The Bertz CT molecular complexity index is 767. The average Bonchev–Trinajstić information content (AvgIpc) is 2.91.